The van der Waals surface area contributed by atoms with Gasteiger partial charge in [0.2, 0.25) is 0 Å². The number of nitrogens with zero attached hydrogens (tertiary/aromatic N) is 1. The molecule has 0 aliphatic heterocycles. The Kier molecular flexibility index (Phi) is 6.53. The normalized spacial score (nSPS) is 11.4. The Hall–Kier alpha value is -1.26. The fourth-order valence-corrected chi connectivity index (χ4v) is 1.16. The van der Waals surface area contributed by atoms with Crippen LogP contribution in [0.2, 0.25) is 0 Å². The van der Waals surface area contributed by atoms with Gasteiger partial charge >= 0.3 is 5.97 Å². The van der Waals surface area contributed by atoms with Crippen LogP contribution in [0.5, 0.6) is 0 Å². The topological polar surface area (TPSA) is 57.6 Å². The predicted octanol–water partition coefficient (Wildman–Crippen LogP) is 1.96. The van der Waals surface area contributed by atoms with Crippen LogP contribution in [-0.4, -0.2) is 35.0 Å². The maximum absolute atomic E-state index is 11.7. The third-order valence-electron chi connectivity index (χ3n) is 1.55. The van der Waals surface area contributed by atoms with Crippen molar-refractivity contribution in [3.05, 3.63) is 35.4 Å². The second-order valence-corrected chi connectivity index (χ2v) is 3.48. The summed E-state index contributed by atoms with van der Waals surface area (Å²) in [4.78, 5) is 23.4. The van der Waals surface area contributed by atoms with Crippen molar-refractivity contribution in [1.29, 1.82) is 0 Å². The first-order valence-electron chi connectivity index (χ1n) is 4.25. The fourth-order valence-electron chi connectivity index (χ4n) is 0.879. The molecule has 0 saturated carbocycles. The summed E-state index contributed by atoms with van der Waals surface area (Å²) in [5, 5.41) is 7.32. The zero-order chi connectivity index (χ0) is 12.7. The first kappa shape index (κ1) is 14.7. The van der Waals surface area contributed by atoms with Crippen molar-refractivity contribution < 1.29 is 14.7 Å². The standard InChI is InChI=1S/C10H11Cl2NO3/c1-3-5-13(6-4-2)9(14)7(11)8(12)10(15)16/h3-4H,1-2,5-6H2,(H,15,16)/b8-7-. The van der Waals surface area contributed by atoms with Gasteiger partial charge in [-0.05, 0) is 0 Å². The lowest BCUT2D eigenvalue weighted by atomic mass is 10.3. The van der Waals surface area contributed by atoms with E-state index in [1.165, 1.54) is 17.1 Å². The van der Waals surface area contributed by atoms with E-state index in [9.17, 15) is 9.59 Å². The van der Waals surface area contributed by atoms with E-state index in [0.29, 0.717) is 0 Å². The molecule has 0 atom stereocenters. The van der Waals surface area contributed by atoms with Crippen LogP contribution in [0.3, 0.4) is 0 Å². The van der Waals surface area contributed by atoms with Gasteiger partial charge < -0.3 is 10.0 Å². The van der Waals surface area contributed by atoms with E-state index in [0.717, 1.165) is 0 Å². The molecule has 0 bridgehead atoms. The molecule has 4 nitrogen and oxygen atoms in total. The Balaban J connectivity index is 4.99. The van der Waals surface area contributed by atoms with Gasteiger partial charge in [0, 0.05) is 13.1 Å². The lowest BCUT2D eigenvalue weighted by molar-refractivity contribution is -0.132. The zero-order valence-electron chi connectivity index (χ0n) is 8.45. The minimum Gasteiger partial charge on any atom is -0.477 e. The molecule has 88 valence electrons. The van der Waals surface area contributed by atoms with Crippen LogP contribution >= 0.6 is 23.2 Å². The summed E-state index contributed by atoms with van der Waals surface area (Å²) in [5.74, 6) is -2.12. The van der Waals surface area contributed by atoms with Crippen molar-refractivity contribution in [1.82, 2.24) is 4.90 Å². The van der Waals surface area contributed by atoms with Gasteiger partial charge in [-0.25, -0.2) is 4.79 Å². The minimum atomic E-state index is -1.45. The Morgan fingerprint density at radius 1 is 1.12 bits per heavy atom. The van der Waals surface area contributed by atoms with Crippen molar-refractivity contribution in [2.45, 2.75) is 0 Å². The first-order valence-corrected chi connectivity index (χ1v) is 5.00. The lowest BCUT2D eigenvalue weighted by Gasteiger charge is -2.18. The smallest absolute Gasteiger partial charge is 0.349 e. The zero-order valence-corrected chi connectivity index (χ0v) is 9.96. The monoisotopic (exact) mass is 263 g/mol. The van der Waals surface area contributed by atoms with E-state index in [1.807, 2.05) is 0 Å². The molecule has 0 rings (SSSR count). The van der Waals surface area contributed by atoms with E-state index in [-0.39, 0.29) is 13.1 Å². The van der Waals surface area contributed by atoms with Gasteiger partial charge in [-0.2, -0.15) is 0 Å². The Labute approximate surface area is 103 Å². The highest BCUT2D eigenvalue weighted by Gasteiger charge is 2.21. The molecule has 0 aromatic heterocycles. The maximum atomic E-state index is 11.7. The van der Waals surface area contributed by atoms with Crippen LogP contribution in [-0.2, 0) is 9.59 Å². The number of rotatable bonds is 6. The number of amides is 1. The molecular weight excluding hydrogens is 253 g/mol. The lowest BCUT2D eigenvalue weighted by Crippen LogP contribution is -2.32. The second kappa shape index (κ2) is 7.09. The molecule has 0 aromatic rings. The molecule has 0 fully saturated rings. The van der Waals surface area contributed by atoms with E-state index >= 15 is 0 Å². The average molecular weight is 264 g/mol. The summed E-state index contributed by atoms with van der Waals surface area (Å²) < 4.78 is 0. The van der Waals surface area contributed by atoms with Gasteiger partial charge in [-0.1, -0.05) is 35.4 Å². The molecule has 16 heavy (non-hydrogen) atoms. The average Bonchev–Trinajstić information content (AvgIpc) is 2.25. The molecular formula is C10H11Cl2NO3. The molecule has 0 saturated heterocycles. The van der Waals surface area contributed by atoms with Crippen molar-refractivity contribution in [3.63, 3.8) is 0 Å². The summed E-state index contributed by atoms with van der Waals surface area (Å²) in [6.07, 6.45) is 2.97. The number of carboxylic acids is 1. The van der Waals surface area contributed by atoms with Crippen molar-refractivity contribution in [2.24, 2.45) is 0 Å². The number of hydrogen-bond acceptors (Lipinski definition) is 2. The third-order valence-corrected chi connectivity index (χ3v) is 2.35. The largest absolute Gasteiger partial charge is 0.477 e. The van der Waals surface area contributed by atoms with Gasteiger partial charge in [-0.15, -0.1) is 13.2 Å². The highest BCUT2D eigenvalue weighted by molar-refractivity contribution is 6.53. The quantitative estimate of drug-likeness (QED) is 0.589. The Morgan fingerprint density at radius 3 is 1.88 bits per heavy atom. The maximum Gasteiger partial charge on any atom is 0.349 e. The van der Waals surface area contributed by atoms with Crippen LogP contribution in [0.25, 0.3) is 0 Å². The highest BCUT2D eigenvalue weighted by Crippen LogP contribution is 2.17. The van der Waals surface area contributed by atoms with E-state index in [4.69, 9.17) is 28.3 Å². The second-order valence-electron chi connectivity index (χ2n) is 2.72. The molecule has 1 amide bonds. The van der Waals surface area contributed by atoms with Gasteiger partial charge in [0.1, 0.15) is 10.1 Å². The van der Waals surface area contributed by atoms with Crippen LogP contribution in [0.1, 0.15) is 0 Å². The molecule has 0 unspecified atom stereocenters. The molecule has 0 aromatic carbocycles. The predicted molar refractivity (Wildman–Crippen MR) is 63.3 cm³/mol. The van der Waals surface area contributed by atoms with Crippen LogP contribution < -0.4 is 0 Å². The SMILES string of the molecule is C=CCN(CC=C)C(=O)/C(Cl)=C(/Cl)C(=O)O. The molecule has 0 radical (unpaired) electrons. The Morgan fingerprint density at radius 2 is 1.56 bits per heavy atom. The van der Waals surface area contributed by atoms with Crippen molar-refractivity contribution in [2.75, 3.05) is 13.1 Å². The van der Waals surface area contributed by atoms with Gasteiger partial charge in [0.05, 0.1) is 0 Å². The molecule has 0 heterocycles. The van der Waals surface area contributed by atoms with E-state index in [1.54, 1.807) is 0 Å². The number of carbonyl (C=O) groups is 2. The highest BCUT2D eigenvalue weighted by atomic mass is 35.5. The fraction of sp³-hybridized carbons (Fsp3) is 0.200. The van der Waals surface area contributed by atoms with Crippen LogP contribution in [0.15, 0.2) is 35.4 Å². The molecule has 6 heteroatoms. The van der Waals surface area contributed by atoms with Crippen LogP contribution in [0, 0.1) is 0 Å². The van der Waals surface area contributed by atoms with Gasteiger partial charge in [-0.3, -0.25) is 4.79 Å². The van der Waals surface area contributed by atoms with E-state index in [2.05, 4.69) is 13.2 Å². The summed E-state index contributed by atoms with van der Waals surface area (Å²) in [6.45, 7) is 7.39. The first-order chi connectivity index (χ1) is 7.45. The Bertz CT molecular complexity index is 340. The minimum absolute atomic E-state index is 0.227. The third kappa shape index (κ3) is 4.08. The van der Waals surface area contributed by atoms with Gasteiger partial charge in [0.25, 0.3) is 5.91 Å². The van der Waals surface area contributed by atoms with Crippen LogP contribution in [0.4, 0.5) is 0 Å². The summed E-state index contributed by atoms with van der Waals surface area (Å²) >= 11 is 10.9. The van der Waals surface area contributed by atoms with Crippen molar-refractivity contribution >= 4 is 35.1 Å². The summed E-state index contributed by atoms with van der Waals surface area (Å²) in [7, 11) is 0. The van der Waals surface area contributed by atoms with Gasteiger partial charge in [0.15, 0.2) is 0 Å². The summed E-state index contributed by atoms with van der Waals surface area (Å²) in [5.41, 5.74) is 0. The number of carbonyl (C=O) groups excluding carboxylic acids is 1. The van der Waals surface area contributed by atoms with Crippen molar-refractivity contribution in [3.8, 4) is 0 Å². The van der Waals surface area contributed by atoms with E-state index < -0.39 is 21.9 Å². The number of hydrogen-bond donors (Lipinski definition) is 1. The molecule has 0 spiro atoms. The number of carboxylic acid groups (broad SMARTS) is 1. The number of halogens is 2. The molecule has 1 N–H and O–H groups in total. The molecule has 0 aliphatic rings. The number of aliphatic carboxylic acids is 1. The summed E-state index contributed by atoms with van der Waals surface area (Å²) in [6, 6.07) is 0. The molecule has 0 aliphatic carbocycles.